The van der Waals surface area contributed by atoms with Crippen LogP contribution >= 0.6 is 27.3 Å². The zero-order valence-corrected chi connectivity index (χ0v) is 12.8. The molecule has 0 spiro atoms. The molecule has 0 saturated heterocycles. The molecule has 0 saturated carbocycles. The van der Waals surface area contributed by atoms with E-state index in [9.17, 15) is 4.79 Å². The average Bonchev–Trinajstić information content (AvgIpc) is 2.74. The third-order valence-corrected chi connectivity index (χ3v) is 3.49. The van der Waals surface area contributed by atoms with E-state index in [1.807, 2.05) is 36.3 Å². The minimum Gasteiger partial charge on any atom is -0.383 e. The molecule has 0 bridgehead atoms. The number of carbonyl (C=O) groups excluding carboxylic acids is 1. The van der Waals surface area contributed by atoms with Crippen LogP contribution in [0.25, 0.3) is 0 Å². The van der Waals surface area contributed by atoms with Crippen molar-refractivity contribution in [2.24, 2.45) is 0 Å². The fourth-order valence-corrected chi connectivity index (χ4v) is 2.39. The number of alkyl halides is 1. The number of carbonyl (C=O) groups is 1. The molecule has 0 radical (unpaired) electrons. The quantitative estimate of drug-likeness (QED) is 0.754. The summed E-state index contributed by atoms with van der Waals surface area (Å²) in [6.45, 7) is 5.55. The van der Waals surface area contributed by atoms with E-state index >= 15 is 0 Å². The zero-order chi connectivity index (χ0) is 12.9. The van der Waals surface area contributed by atoms with Gasteiger partial charge in [0.2, 0.25) is 5.91 Å². The monoisotopic (exact) mass is 319 g/mol. The predicted octanol–water partition coefficient (Wildman–Crippen LogP) is 2.90. The Kier molecular flexibility index (Phi) is 5.62. The van der Waals surface area contributed by atoms with Crippen LogP contribution in [0.2, 0.25) is 0 Å². The highest BCUT2D eigenvalue weighted by atomic mass is 79.9. The van der Waals surface area contributed by atoms with E-state index in [1.54, 1.807) is 18.4 Å². The smallest absolute Gasteiger partial charge is 0.239 e. The fourth-order valence-electron chi connectivity index (χ4n) is 1.42. The van der Waals surface area contributed by atoms with Crippen LogP contribution in [0, 0.1) is 0 Å². The normalized spacial score (nSPS) is 11.5. The molecule has 1 amide bonds. The van der Waals surface area contributed by atoms with Crippen LogP contribution in [-0.4, -0.2) is 35.4 Å². The molecule has 0 fully saturated rings. The summed E-state index contributed by atoms with van der Waals surface area (Å²) in [6, 6.07) is 4.04. The van der Waals surface area contributed by atoms with Gasteiger partial charge in [0, 0.05) is 18.5 Å². The van der Waals surface area contributed by atoms with Crippen molar-refractivity contribution < 1.29 is 9.53 Å². The van der Waals surface area contributed by atoms with Crippen molar-refractivity contribution in [1.82, 2.24) is 4.90 Å². The van der Waals surface area contributed by atoms with Crippen molar-refractivity contribution in [3.8, 4) is 0 Å². The molecule has 0 aliphatic rings. The van der Waals surface area contributed by atoms with Gasteiger partial charge >= 0.3 is 0 Å². The zero-order valence-electron chi connectivity index (χ0n) is 10.4. The molecule has 1 heterocycles. The summed E-state index contributed by atoms with van der Waals surface area (Å²) >= 11 is 5.07. The Morgan fingerprint density at radius 2 is 2.29 bits per heavy atom. The molecule has 0 aliphatic heterocycles. The van der Waals surface area contributed by atoms with Crippen molar-refractivity contribution in [3.05, 3.63) is 22.4 Å². The predicted molar refractivity (Wildman–Crippen MR) is 74.6 cm³/mol. The summed E-state index contributed by atoms with van der Waals surface area (Å²) < 4.78 is 4.52. The summed E-state index contributed by atoms with van der Waals surface area (Å²) in [6.07, 6.45) is 0. The molecule has 0 N–H and O–H groups in total. The standard InChI is InChI=1S/C12H18BrNO2S/c1-12(2,13)11(15)14(6-7-16-3)9-10-5-4-8-17-10/h4-5,8H,6-7,9H2,1-3H3. The van der Waals surface area contributed by atoms with Crippen molar-refractivity contribution in [1.29, 1.82) is 0 Å². The number of ether oxygens (including phenoxy) is 1. The Hall–Kier alpha value is -0.390. The lowest BCUT2D eigenvalue weighted by Crippen LogP contribution is -2.42. The third kappa shape index (κ3) is 4.77. The third-order valence-electron chi connectivity index (χ3n) is 2.29. The maximum absolute atomic E-state index is 12.2. The Labute approximate surface area is 115 Å². The van der Waals surface area contributed by atoms with Crippen LogP contribution in [0.3, 0.4) is 0 Å². The van der Waals surface area contributed by atoms with Crippen molar-refractivity contribution in [2.45, 2.75) is 24.7 Å². The van der Waals surface area contributed by atoms with Gasteiger partial charge in [-0.15, -0.1) is 11.3 Å². The van der Waals surface area contributed by atoms with Gasteiger partial charge < -0.3 is 9.64 Å². The number of hydrogen-bond donors (Lipinski definition) is 0. The van der Waals surface area contributed by atoms with E-state index in [4.69, 9.17) is 4.74 Å². The maximum Gasteiger partial charge on any atom is 0.239 e. The summed E-state index contributed by atoms with van der Waals surface area (Å²) in [4.78, 5) is 15.2. The van der Waals surface area contributed by atoms with Crippen LogP contribution in [0.15, 0.2) is 17.5 Å². The Bertz CT molecular complexity index is 346. The van der Waals surface area contributed by atoms with E-state index in [1.165, 1.54) is 4.88 Å². The molecule has 0 unspecified atom stereocenters. The molecule has 3 nitrogen and oxygen atoms in total. The average molecular weight is 320 g/mol. The second-order valence-electron chi connectivity index (χ2n) is 4.27. The number of methoxy groups -OCH3 is 1. The molecule has 1 aromatic rings. The summed E-state index contributed by atoms with van der Waals surface area (Å²) in [5.41, 5.74) is 0. The molecule has 0 aromatic carbocycles. The number of nitrogens with zero attached hydrogens (tertiary/aromatic N) is 1. The minimum atomic E-state index is -0.530. The van der Waals surface area contributed by atoms with Crippen LogP contribution < -0.4 is 0 Å². The number of hydrogen-bond acceptors (Lipinski definition) is 3. The molecule has 0 aliphatic carbocycles. The summed E-state index contributed by atoms with van der Waals surface area (Å²) in [5, 5.41) is 2.02. The molecule has 5 heteroatoms. The van der Waals surface area contributed by atoms with E-state index in [0.717, 1.165) is 0 Å². The first-order valence-electron chi connectivity index (χ1n) is 5.44. The SMILES string of the molecule is COCCN(Cc1cccs1)C(=O)C(C)(C)Br. The van der Waals surface area contributed by atoms with Gasteiger partial charge in [-0.1, -0.05) is 22.0 Å². The second-order valence-corrected chi connectivity index (χ2v) is 7.29. The molecular formula is C12H18BrNO2S. The Morgan fingerprint density at radius 3 is 2.76 bits per heavy atom. The van der Waals surface area contributed by atoms with E-state index in [0.29, 0.717) is 19.7 Å². The van der Waals surface area contributed by atoms with Gasteiger partial charge in [0.05, 0.1) is 17.5 Å². The van der Waals surface area contributed by atoms with Crippen molar-refractivity contribution >= 4 is 33.2 Å². The second kappa shape index (κ2) is 6.52. The maximum atomic E-state index is 12.2. The van der Waals surface area contributed by atoms with Crippen LogP contribution in [0.1, 0.15) is 18.7 Å². The molecule has 0 atom stereocenters. The number of thiophene rings is 1. The van der Waals surface area contributed by atoms with Crippen molar-refractivity contribution in [3.63, 3.8) is 0 Å². The first-order chi connectivity index (χ1) is 7.95. The van der Waals surface area contributed by atoms with Crippen molar-refractivity contribution in [2.75, 3.05) is 20.3 Å². The lowest BCUT2D eigenvalue weighted by molar-refractivity contribution is -0.134. The topological polar surface area (TPSA) is 29.5 Å². The minimum absolute atomic E-state index is 0.0861. The van der Waals surface area contributed by atoms with Gasteiger partial charge in [-0.3, -0.25) is 4.79 Å². The molecular weight excluding hydrogens is 302 g/mol. The lowest BCUT2D eigenvalue weighted by Gasteiger charge is -2.27. The first kappa shape index (κ1) is 14.7. The highest BCUT2D eigenvalue weighted by molar-refractivity contribution is 9.10. The number of amides is 1. The van der Waals surface area contributed by atoms with E-state index in [-0.39, 0.29) is 5.91 Å². The van der Waals surface area contributed by atoms with Gasteiger partial charge in [-0.05, 0) is 25.3 Å². The van der Waals surface area contributed by atoms with Gasteiger partial charge in [0.25, 0.3) is 0 Å². The summed E-state index contributed by atoms with van der Waals surface area (Å²) in [5.74, 6) is 0.0861. The first-order valence-corrected chi connectivity index (χ1v) is 7.12. The molecule has 96 valence electrons. The van der Waals surface area contributed by atoms with Crippen LogP contribution in [-0.2, 0) is 16.1 Å². The molecule has 17 heavy (non-hydrogen) atoms. The Balaban J connectivity index is 2.70. The molecule has 1 rings (SSSR count). The highest BCUT2D eigenvalue weighted by Crippen LogP contribution is 2.21. The fraction of sp³-hybridized carbons (Fsp3) is 0.583. The van der Waals surface area contributed by atoms with Crippen LogP contribution in [0.4, 0.5) is 0 Å². The van der Waals surface area contributed by atoms with Gasteiger partial charge in [-0.2, -0.15) is 0 Å². The summed E-state index contributed by atoms with van der Waals surface area (Å²) in [7, 11) is 1.65. The number of rotatable bonds is 6. The number of halogens is 1. The van der Waals surface area contributed by atoms with Crippen LogP contribution in [0.5, 0.6) is 0 Å². The Morgan fingerprint density at radius 1 is 1.59 bits per heavy atom. The van der Waals surface area contributed by atoms with Gasteiger partial charge in [0.15, 0.2) is 0 Å². The lowest BCUT2D eigenvalue weighted by atomic mass is 10.2. The van der Waals surface area contributed by atoms with Gasteiger partial charge in [0.1, 0.15) is 0 Å². The van der Waals surface area contributed by atoms with E-state index in [2.05, 4.69) is 15.9 Å². The highest BCUT2D eigenvalue weighted by Gasteiger charge is 2.29. The van der Waals surface area contributed by atoms with Gasteiger partial charge in [-0.25, -0.2) is 0 Å². The molecule has 1 aromatic heterocycles. The van der Waals surface area contributed by atoms with E-state index < -0.39 is 4.32 Å². The largest absolute Gasteiger partial charge is 0.383 e.